The van der Waals surface area contributed by atoms with Crippen LogP contribution >= 0.6 is 30.8 Å². The summed E-state index contributed by atoms with van der Waals surface area (Å²) >= 11 is 12.2. The number of hydrogen-bond acceptors (Lipinski definition) is 8. The Labute approximate surface area is 225 Å². The lowest BCUT2D eigenvalue weighted by atomic mass is 10.1. The number of hydrogen-bond donors (Lipinski definition) is 1. The first-order valence-electron chi connectivity index (χ1n) is 11.7. The number of benzene rings is 1. The predicted octanol–water partition coefficient (Wildman–Crippen LogP) is 5.68. The molecular formula is C24H29Cl2FN5O4P. The van der Waals surface area contributed by atoms with Gasteiger partial charge in [0.25, 0.3) is 0 Å². The van der Waals surface area contributed by atoms with Gasteiger partial charge in [-0.15, -0.1) is 0 Å². The molecule has 0 atom stereocenters. The highest BCUT2D eigenvalue weighted by Crippen LogP contribution is 2.47. The molecule has 13 heteroatoms. The first-order chi connectivity index (χ1) is 17.7. The molecule has 0 amide bonds. The fraction of sp³-hybridized carbons (Fsp3) is 0.417. The average Bonchev–Trinajstić information content (AvgIpc) is 3.40. The van der Waals surface area contributed by atoms with Crippen molar-refractivity contribution >= 4 is 36.6 Å². The number of nitrogen functional groups attached to an aromatic ring is 1. The van der Waals surface area contributed by atoms with Gasteiger partial charge in [-0.1, -0.05) is 23.2 Å². The van der Waals surface area contributed by atoms with Crippen molar-refractivity contribution in [2.24, 2.45) is 0 Å². The highest BCUT2D eigenvalue weighted by atomic mass is 35.5. The molecule has 3 heterocycles. The van der Waals surface area contributed by atoms with Crippen LogP contribution in [0.1, 0.15) is 24.4 Å². The molecule has 200 valence electrons. The first-order valence-corrected chi connectivity index (χ1v) is 14.2. The normalized spacial score (nSPS) is 15.3. The Morgan fingerprint density at radius 2 is 1.89 bits per heavy atom. The van der Waals surface area contributed by atoms with E-state index < -0.39 is 13.4 Å². The number of ether oxygens (including phenoxy) is 1. The number of anilines is 1. The van der Waals surface area contributed by atoms with E-state index in [9.17, 15) is 8.96 Å². The van der Waals surface area contributed by atoms with Crippen molar-refractivity contribution < 1.29 is 22.7 Å². The van der Waals surface area contributed by atoms with Gasteiger partial charge in [-0.25, -0.2) is 9.37 Å². The molecule has 1 aromatic carbocycles. The maximum Gasteiger partial charge on any atom is 0.344 e. The van der Waals surface area contributed by atoms with Crippen LogP contribution in [-0.4, -0.2) is 59.9 Å². The summed E-state index contributed by atoms with van der Waals surface area (Å²) in [5.41, 5.74) is 8.17. The Hall–Kier alpha value is -2.20. The van der Waals surface area contributed by atoms with E-state index in [1.807, 2.05) is 10.9 Å². The van der Waals surface area contributed by atoms with Crippen molar-refractivity contribution in [1.29, 1.82) is 0 Å². The lowest BCUT2D eigenvalue weighted by Gasteiger charge is -2.33. The molecule has 0 unspecified atom stereocenters. The smallest absolute Gasteiger partial charge is 0.344 e. The van der Waals surface area contributed by atoms with Crippen LogP contribution in [0, 0.1) is 5.82 Å². The maximum atomic E-state index is 13.8. The van der Waals surface area contributed by atoms with Gasteiger partial charge in [0.1, 0.15) is 12.1 Å². The molecule has 2 aromatic heterocycles. The second-order valence-corrected chi connectivity index (χ2v) is 11.7. The van der Waals surface area contributed by atoms with Crippen LogP contribution in [0.3, 0.4) is 0 Å². The van der Waals surface area contributed by atoms with E-state index in [2.05, 4.69) is 15.0 Å². The van der Waals surface area contributed by atoms with Gasteiger partial charge in [0, 0.05) is 62.3 Å². The van der Waals surface area contributed by atoms with Crippen LogP contribution < -0.4 is 10.5 Å². The summed E-state index contributed by atoms with van der Waals surface area (Å²) in [4.78, 5) is 6.35. The predicted molar refractivity (Wildman–Crippen MR) is 142 cm³/mol. The zero-order valence-electron chi connectivity index (χ0n) is 20.6. The van der Waals surface area contributed by atoms with Crippen molar-refractivity contribution in [2.45, 2.75) is 25.3 Å². The average molecular weight is 572 g/mol. The van der Waals surface area contributed by atoms with E-state index in [1.165, 1.54) is 26.4 Å². The summed E-state index contributed by atoms with van der Waals surface area (Å²) in [5, 5.41) is 4.92. The van der Waals surface area contributed by atoms with Gasteiger partial charge >= 0.3 is 7.60 Å². The van der Waals surface area contributed by atoms with Gasteiger partial charge in [-0.05, 0) is 36.6 Å². The summed E-state index contributed by atoms with van der Waals surface area (Å²) in [7, 11) is -0.268. The number of piperidine rings is 1. The standard InChI is InChI=1S/C24H29Cl2FN5O4P/c1-34-37(33,35-2)15-31-8-5-18(6-9-31)32-14-17(13-30-32)16-11-22(24(28)29-12-16)36-10-7-19-20(25)3-4-21(27)23(19)26/h3-4,11-14,18H,5-10,15H2,1-2H3,(H2,28,29). The Bertz CT molecular complexity index is 1280. The van der Waals surface area contributed by atoms with Crippen molar-refractivity contribution in [3.63, 3.8) is 0 Å². The molecule has 1 aliphatic rings. The van der Waals surface area contributed by atoms with Crippen molar-refractivity contribution in [1.82, 2.24) is 19.7 Å². The van der Waals surface area contributed by atoms with Crippen molar-refractivity contribution in [2.75, 3.05) is 45.9 Å². The Balaban J connectivity index is 1.38. The van der Waals surface area contributed by atoms with Crippen LogP contribution in [0.15, 0.2) is 36.8 Å². The highest BCUT2D eigenvalue weighted by molar-refractivity contribution is 7.53. The van der Waals surface area contributed by atoms with E-state index in [4.69, 9.17) is 42.7 Å². The van der Waals surface area contributed by atoms with Crippen LogP contribution in [0.2, 0.25) is 10.0 Å². The molecule has 2 N–H and O–H groups in total. The molecule has 4 rings (SSSR count). The Morgan fingerprint density at radius 1 is 1.16 bits per heavy atom. The summed E-state index contributed by atoms with van der Waals surface area (Å²) < 4.78 is 44.1. The lowest BCUT2D eigenvalue weighted by Crippen LogP contribution is -2.35. The molecule has 0 spiro atoms. The molecule has 3 aromatic rings. The molecular weight excluding hydrogens is 543 g/mol. The minimum Gasteiger partial charge on any atom is -0.489 e. The largest absolute Gasteiger partial charge is 0.489 e. The number of likely N-dealkylation sites (tertiary alicyclic amines) is 1. The number of pyridine rings is 1. The van der Waals surface area contributed by atoms with Crippen molar-refractivity contribution in [3.8, 4) is 16.9 Å². The molecule has 37 heavy (non-hydrogen) atoms. The van der Waals surface area contributed by atoms with Gasteiger partial charge in [-0.3, -0.25) is 14.1 Å². The third kappa shape index (κ3) is 6.63. The summed E-state index contributed by atoms with van der Waals surface area (Å²) in [6.45, 7) is 1.71. The number of nitrogens with two attached hydrogens (primary N) is 1. The number of halogens is 3. The summed E-state index contributed by atoms with van der Waals surface area (Å²) in [5.74, 6) is 0.115. The quantitative estimate of drug-likeness (QED) is 0.245. The van der Waals surface area contributed by atoms with E-state index in [1.54, 1.807) is 18.5 Å². The zero-order valence-corrected chi connectivity index (χ0v) is 23.0. The maximum absolute atomic E-state index is 13.8. The number of nitrogens with zero attached hydrogens (tertiary/aromatic N) is 4. The highest BCUT2D eigenvalue weighted by Gasteiger charge is 2.29. The third-order valence-electron chi connectivity index (χ3n) is 6.43. The summed E-state index contributed by atoms with van der Waals surface area (Å²) in [6, 6.07) is 4.71. The molecule has 1 saturated heterocycles. The van der Waals surface area contributed by atoms with Crippen LogP contribution in [-0.2, 0) is 20.0 Å². The molecule has 0 saturated carbocycles. The van der Waals surface area contributed by atoms with E-state index in [0.29, 0.717) is 22.8 Å². The lowest BCUT2D eigenvalue weighted by molar-refractivity contribution is 0.180. The van der Waals surface area contributed by atoms with Gasteiger partial charge in [0.15, 0.2) is 11.6 Å². The molecule has 0 radical (unpaired) electrons. The monoisotopic (exact) mass is 571 g/mol. The second-order valence-electron chi connectivity index (χ2n) is 8.70. The molecule has 9 nitrogen and oxygen atoms in total. The van der Waals surface area contributed by atoms with Crippen LogP contribution in [0.4, 0.5) is 10.2 Å². The van der Waals surface area contributed by atoms with Gasteiger partial charge in [0.05, 0.1) is 23.9 Å². The fourth-order valence-corrected chi connectivity index (χ4v) is 5.95. The van der Waals surface area contributed by atoms with Crippen molar-refractivity contribution in [3.05, 3.63) is 58.2 Å². The Kier molecular flexibility index (Phi) is 9.11. The van der Waals surface area contributed by atoms with Gasteiger partial charge < -0.3 is 19.5 Å². The summed E-state index contributed by atoms with van der Waals surface area (Å²) in [6.07, 6.45) is 7.70. The molecule has 1 aliphatic heterocycles. The van der Waals surface area contributed by atoms with E-state index in [-0.39, 0.29) is 29.8 Å². The third-order valence-corrected chi connectivity index (χ3v) is 9.05. The van der Waals surface area contributed by atoms with Gasteiger partial charge in [-0.2, -0.15) is 5.10 Å². The van der Waals surface area contributed by atoms with Crippen LogP contribution in [0.5, 0.6) is 5.75 Å². The zero-order chi connectivity index (χ0) is 26.6. The van der Waals surface area contributed by atoms with E-state index >= 15 is 0 Å². The van der Waals surface area contributed by atoms with E-state index in [0.717, 1.165) is 37.1 Å². The van der Waals surface area contributed by atoms with Gasteiger partial charge in [0.2, 0.25) is 0 Å². The minimum atomic E-state index is -3.07. The Morgan fingerprint density at radius 3 is 2.59 bits per heavy atom. The first kappa shape index (κ1) is 27.8. The molecule has 0 aliphatic carbocycles. The SMILES string of the molecule is COP(=O)(CN1CCC(n2cc(-c3cnc(N)c(OCCc4c(Cl)ccc(F)c4Cl)c3)cn2)CC1)OC. The topological polar surface area (TPSA) is 105 Å². The van der Waals surface area contributed by atoms with Crippen LogP contribution in [0.25, 0.3) is 11.1 Å². The molecule has 1 fully saturated rings. The fourth-order valence-electron chi connectivity index (χ4n) is 4.24. The number of aromatic nitrogens is 3. The second kappa shape index (κ2) is 12.1. The molecule has 0 bridgehead atoms. The number of rotatable bonds is 10. The minimum absolute atomic E-state index is 0.0133.